The lowest BCUT2D eigenvalue weighted by molar-refractivity contribution is -0.123. The molecule has 0 spiro atoms. The number of anilines is 1. The molecule has 204 valence electrons. The minimum Gasteiger partial charge on any atom is -0.448 e. The summed E-state index contributed by atoms with van der Waals surface area (Å²) in [4.78, 5) is 40.0. The molecule has 0 aliphatic rings. The van der Waals surface area contributed by atoms with Crippen molar-refractivity contribution >= 4 is 50.1 Å². The molecule has 0 saturated carbocycles. The number of aromatic nitrogens is 2. The van der Waals surface area contributed by atoms with Gasteiger partial charge in [-0.1, -0.05) is 66.7 Å². The Morgan fingerprint density at radius 2 is 1.44 bits per heavy atom. The number of hydrogen-bond donors (Lipinski definition) is 1. The second-order valence-electron chi connectivity index (χ2n) is 10.0. The van der Waals surface area contributed by atoms with E-state index in [9.17, 15) is 14.4 Å². The zero-order valence-electron chi connectivity index (χ0n) is 23.0. The fourth-order valence-electron chi connectivity index (χ4n) is 5.59. The number of nitrogens with zero attached hydrogens (tertiary/aromatic N) is 2. The molecule has 6 aromatic rings. The summed E-state index contributed by atoms with van der Waals surface area (Å²) in [6.45, 7) is 4.45. The molecule has 4 aromatic carbocycles. The summed E-state index contributed by atoms with van der Waals surface area (Å²) in [6, 6.07) is 30.5. The smallest absolute Gasteiger partial charge is 0.356 e. The van der Waals surface area contributed by atoms with E-state index in [1.807, 2.05) is 72.8 Å². The molecule has 7 heteroatoms. The lowest BCUT2D eigenvalue weighted by atomic mass is 9.97. The predicted octanol–water partition coefficient (Wildman–Crippen LogP) is 6.52. The summed E-state index contributed by atoms with van der Waals surface area (Å²) in [5.41, 5.74) is 3.94. The molecule has 0 bridgehead atoms. The van der Waals surface area contributed by atoms with Gasteiger partial charge >= 0.3 is 5.97 Å². The van der Waals surface area contributed by atoms with Gasteiger partial charge < -0.3 is 19.2 Å². The van der Waals surface area contributed by atoms with E-state index in [1.54, 1.807) is 19.2 Å². The standard InChI is InChI=1S/C34H29N3O4/c1-4-37-28-17-11-10-14-24(28)27-20-23(18-19-29(27)37)35-32(38)21(2)41-34(40)31-30(22-12-6-5-7-13-22)25-15-8-9-16-26(25)33(39)36(31)3/h5-21H,4H2,1-3H3,(H,35,38). The molecule has 41 heavy (non-hydrogen) atoms. The van der Waals surface area contributed by atoms with Gasteiger partial charge in [0.1, 0.15) is 5.69 Å². The third-order valence-electron chi connectivity index (χ3n) is 7.57. The van der Waals surface area contributed by atoms with Gasteiger partial charge in [0.25, 0.3) is 11.5 Å². The number of hydrogen-bond acceptors (Lipinski definition) is 4. The van der Waals surface area contributed by atoms with Crippen molar-refractivity contribution in [3.8, 4) is 11.1 Å². The summed E-state index contributed by atoms with van der Waals surface area (Å²) in [5.74, 6) is -1.22. The van der Waals surface area contributed by atoms with Crippen LogP contribution in [0.5, 0.6) is 0 Å². The van der Waals surface area contributed by atoms with E-state index in [4.69, 9.17) is 4.74 Å². The third-order valence-corrected chi connectivity index (χ3v) is 7.57. The van der Waals surface area contributed by atoms with E-state index >= 15 is 0 Å². The van der Waals surface area contributed by atoms with E-state index < -0.39 is 18.0 Å². The number of carbonyl (C=O) groups excluding carboxylic acids is 2. The quantitative estimate of drug-likeness (QED) is 0.243. The number of amides is 1. The van der Waals surface area contributed by atoms with Gasteiger partial charge in [0, 0.05) is 52.0 Å². The van der Waals surface area contributed by atoms with Crippen LogP contribution in [0.1, 0.15) is 24.3 Å². The first kappa shape index (κ1) is 26.1. The number of benzene rings is 4. The molecule has 6 rings (SSSR count). The predicted molar refractivity (Wildman–Crippen MR) is 163 cm³/mol. The first-order valence-electron chi connectivity index (χ1n) is 13.6. The number of nitrogens with one attached hydrogen (secondary N) is 1. The molecule has 1 atom stereocenters. The average Bonchev–Trinajstić information content (AvgIpc) is 3.32. The number of rotatable bonds is 6. The summed E-state index contributed by atoms with van der Waals surface area (Å²) in [7, 11) is 1.55. The van der Waals surface area contributed by atoms with Crippen molar-refractivity contribution in [2.45, 2.75) is 26.5 Å². The second kappa shape index (κ2) is 10.4. The van der Waals surface area contributed by atoms with Gasteiger partial charge in [-0.2, -0.15) is 0 Å². The number of fused-ring (bicyclic) bond motifs is 4. The van der Waals surface area contributed by atoms with Crippen LogP contribution in [-0.4, -0.2) is 27.1 Å². The Balaban J connectivity index is 1.32. The number of ether oxygens (including phenoxy) is 1. The van der Waals surface area contributed by atoms with Gasteiger partial charge in [-0.05, 0) is 55.1 Å². The first-order chi connectivity index (χ1) is 19.9. The van der Waals surface area contributed by atoms with E-state index in [2.05, 4.69) is 28.9 Å². The van der Waals surface area contributed by atoms with Crippen LogP contribution in [-0.2, 0) is 23.1 Å². The number of pyridine rings is 1. The van der Waals surface area contributed by atoms with Crippen LogP contribution < -0.4 is 10.9 Å². The Labute approximate surface area is 236 Å². The number of carbonyl (C=O) groups is 2. The van der Waals surface area contributed by atoms with Crippen molar-refractivity contribution in [2.75, 3.05) is 5.32 Å². The fraction of sp³-hybridized carbons (Fsp3) is 0.147. The lowest BCUT2D eigenvalue weighted by Crippen LogP contribution is -2.32. The zero-order valence-corrected chi connectivity index (χ0v) is 23.0. The van der Waals surface area contributed by atoms with E-state index in [-0.39, 0.29) is 11.3 Å². The third kappa shape index (κ3) is 4.45. The number of para-hydroxylation sites is 1. The molecule has 0 aliphatic heterocycles. The Morgan fingerprint density at radius 3 is 2.17 bits per heavy atom. The molecule has 1 unspecified atom stereocenters. The van der Waals surface area contributed by atoms with Crippen molar-refractivity contribution in [1.82, 2.24) is 9.13 Å². The molecule has 1 N–H and O–H groups in total. The van der Waals surface area contributed by atoms with Gasteiger partial charge in [0.05, 0.1) is 0 Å². The van der Waals surface area contributed by atoms with Gasteiger partial charge in [0.15, 0.2) is 6.10 Å². The zero-order chi connectivity index (χ0) is 28.7. The van der Waals surface area contributed by atoms with Crippen LogP contribution in [0.4, 0.5) is 5.69 Å². The highest BCUT2D eigenvalue weighted by molar-refractivity contribution is 6.10. The van der Waals surface area contributed by atoms with E-state index in [1.165, 1.54) is 11.5 Å². The minimum absolute atomic E-state index is 0.0911. The second-order valence-corrected chi connectivity index (χ2v) is 10.0. The highest BCUT2D eigenvalue weighted by Gasteiger charge is 2.26. The van der Waals surface area contributed by atoms with Crippen LogP contribution in [0.3, 0.4) is 0 Å². The highest BCUT2D eigenvalue weighted by atomic mass is 16.5. The van der Waals surface area contributed by atoms with Gasteiger partial charge in [-0.3, -0.25) is 9.59 Å². The molecular weight excluding hydrogens is 514 g/mol. The molecule has 0 saturated heterocycles. The van der Waals surface area contributed by atoms with Crippen molar-refractivity contribution in [3.63, 3.8) is 0 Å². The summed E-state index contributed by atoms with van der Waals surface area (Å²) >= 11 is 0. The van der Waals surface area contributed by atoms with Crippen molar-refractivity contribution in [3.05, 3.63) is 113 Å². The SMILES string of the molecule is CCn1c2ccccc2c2cc(NC(=O)C(C)OC(=O)c3c(-c4ccccc4)c4ccccc4c(=O)n3C)ccc21. The molecule has 0 fully saturated rings. The molecule has 2 aromatic heterocycles. The minimum atomic E-state index is -1.11. The normalized spacial score (nSPS) is 12.1. The van der Waals surface area contributed by atoms with Gasteiger partial charge in [-0.25, -0.2) is 4.79 Å². The average molecular weight is 544 g/mol. The Bertz CT molecular complexity index is 2020. The molecule has 0 aliphatic carbocycles. The summed E-state index contributed by atoms with van der Waals surface area (Å²) in [5, 5.41) is 6.16. The molecule has 7 nitrogen and oxygen atoms in total. The largest absolute Gasteiger partial charge is 0.448 e. The van der Waals surface area contributed by atoms with Crippen molar-refractivity contribution < 1.29 is 14.3 Å². The highest BCUT2D eigenvalue weighted by Crippen LogP contribution is 2.32. The Hall–Kier alpha value is -5.17. The molecular formula is C34H29N3O4. The van der Waals surface area contributed by atoms with Crippen LogP contribution >= 0.6 is 0 Å². The molecule has 0 radical (unpaired) electrons. The summed E-state index contributed by atoms with van der Waals surface area (Å²) in [6.07, 6.45) is -1.11. The van der Waals surface area contributed by atoms with Crippen LogP contribution in [0.15, 0.2) is 102 Å². The lowest BCUT2D eigenvalue weighted by Gasteiger charge is -2.19. The first-order valence-corrected chi connectivity index (χ1v) is 13.6. The number of esters is 1. The fourth-order valence-corrected chi connectivity index (χ4v) is 5.59. The van der Waals surface area contributed by atoms with Crippen LogP contribution in [0.25, 0.3) is 43.7 Å². The van der Waals surface area contributed by atoms with Gasteiger partial charge in [0.2, 0.25) is 0 Å². The maximum absolute atomic E-state index is 13.6. The number of aryl methyl sites for hydroxylation is 1. The van der Waals surface area contributed by atoms with Crippen molar-refractivity contribution in [1.29, 1.82) is 0 Å². The van der Waals surface area contributed by atoms with Crippen LogP contribution in [0.2, 0.25) is 0 Å². The van der Waals surface area contributed by atoms with E-state index in [0.717, 1.165) is 33.9 Å². The van der Waals surface area contributed by atoms with E-state index in [0.29, 0.717) is 22.0 Å². The Morgan fingerprint density at radius 1 is 0.805 bits per heavy atom. The molecule has 2 heterocycles. The maximum atomic E-state index is 13.6. The monoisotopic (exact) mass is 543 g/mol. The summed E-state index contributed by atoms with van der Waals surface area (Å²) < 4.78 is 9.22. The van der Waals surface area contributed by atoms with Gasteiger partial charge in [-0.15, -0.1) is 0 Å². The van der Waals surface area contributed by atoms with Crippen LogP contribution in [0, 0.1) is 0 Å². The Kier molecular flexibility index (Phi) is 6.63. The maximum Gasteiger partial charge on any atom is 0.356 e. The topological polar surface area (TPSA) is 82.3 Å². The van der Waals surface area contributed by atoms with Crippen molar-refractivity contribution in [2.24, 2.45) is 7.05 Å². The molecule has 1 amide bonds.